The average molecular weight is 447 g/mol. The third kappa shape index (κ3) is 4.65. The van der Waals surface area contributed by atoms with Crippen LogP contribution < -0.4 is 9.54 Å². The lowest BCUT2D eigenvalue weighted by molar-refractivity contribution is -0.117. The Labute approximate surface area is 180 Å². The van der Waals surface area contributed by atoms with E-state index in [1.54, 1.807) is 31.4 Å². The summed E-state index contributed by atoms with van der Waals surface area (Å²) in [6.45, 7) is 6.65. The van der Waals surface area contributed by atoms with Gasteiger partial charge in [0.1, 0.15) is 11.3 Å². The molecule has 0 spiro atoms. The monoisotopic (exact) mass is 446 g/mol. The third-order valence-electron chi connectivity index (χ3n) is 4.84. The molecule has 1 amide bonds. The molecule has 0 atom stereocenters. The highest BCUT2D eigenvalue weighted by Gasteiger charge is 2.17. The first kappa shape index (κ1) is 22.2. The second-order valence-corrected chi connectivity index (χ2v) is 10.3. The van der Waals surface area contributed by atoms with Gasteiger partial charge in [0.25, 0.3) is 0 Å². The Morgan fingerprint density at radius 2 is 1.83 bits per heavy atom. The van der Waals surface area contributed by atoms with Crippen LogP contribution in [0.3, 0.4) is 0 Å². The molecule has 0 fully saturated rings. The van der Waals surface area contributed by atoms with Gasteiger partial charge in [0, 0.05) is 13.0 Å². The minimum Gasteiger partial charge on any atom is -0.495 e. The lowest BCUT2D eigenvalue weighted by Crippen LogP contribution is -2.18. The molecule has 8 heteroatoms. The van der Waals surface area contributed by atoms with Gasteiger partial charge in [-0.15, -0.1) is 0 Å². The van der Waals surface area contributed by atoms with Gasteiger partial charge >= 0.3 is 0 Å². The zero-order valence-electron chi connectivity index (χ0n) is 17.6. The van der Waals surface area contributed by atoms with Gasteiger partial charge in [-0.3, -0.25) is 4.79 Å². The number of hydrogen-bond donors (Lipinski definition) is 0. The van der Waals surface area contributed by atoms with Crippen molar-refractivity contribution in [3.05, 3.63) is 52.3 Å². The zero-order valence-corrected chi connectivity index (χ0v) is 19.3. The summed E-state index contributed by atoms with van der Waals surface area (Å²) in [5.41, 5.74) is 2.98. The lowest BCUT2D eigenvalue weighted by atomic mass is 10.2. The smallest absolute Gasteiger partial charge is 0.249 e. The van der Waals surface area contributed by atoms with E-state index in [9.17, 15) is 13.2 Å². The molecule has 1 heterocycles. The van der Waals surface area contributed by atoms with E-state index in [2.05, 4.69) is 11.9 Å². The molecule has 3 aromatic rings. The van der Waals surface area contributed by atoms with Crippen molar-refractivity contribution in [3.63, 3.8) is 0 Å². The van der Waals surface area contributed by atoms with Gasteiger partial charge in [0.05, 0.1) is 22.5 Å². The van der Waals surface area contributed by atoms with Crippen LogP contribution in [0.15, 0.2) is 46.3 Å². The number of hydrogen-bond acceptors (Lipinski definition) is 5. The van der Waals surface area contributed by atoms with Crippen molar-refractivity contribution in [2.75, 3.05) is 12.9 Å². The fraction of sp³-hybridized carbons (Fsp3) is 0.364. The van der Waals surface area contributed by atoms with Gasteiger partial charge in [-0.05, 0) is 44.0 Å². The van der Waals surface area contributed by atoms with E-state index in [0.29, 0.717) is 11.3 Å². The Balaban J connectivity index is 1.92. The number of amides is 1. The molecular weight excluding hydrogens is 420 g/mol. The van der Waals surface area contributed by atoms with Crippen molar-refractivity contribution >= 4 is 37.3 Å². The van der Waals surface area contributed by atoms with E-state index < -0.39 is 15.7 Å². The molecule has 160 valence electrons. The van der Waals surface area contributed by atoms with Crippen LogP contribution in [0.25, 0.3) is 10.2 Å². The summed E-state index contributed by atoms with van der Waals surface area (Å²) in [5.74, 6) is 0.0224. The highest BCUT2D eigenvalue weighted by Crippen LogP contribution is 2.30. The predicted molar refractivity (Wildman–Crippen MR) is 120 cm³/mol. The molecule has 3 rings (SSSR count). The van der Waals surface area contributed by atoms with Crippen molar-refractivity contribution in [1.29, 1.82) is 0 Å². The molecule has 30 heavy (non-hydrogen) atoms. The van der Waals surface area contributed by atoms with Crippen LogP contribution in [0.2, 0.25) is 0 Å². The Morgan fingerprint density at radius 1 is 1.13 bits per heavy atom. The number of methoxy groups -OCH3 is 1. The number of sulfone groups is 1. The van der Waals surface area contributed by atoms with Crippen LogP contribution in [-0.2, 0) is 21.2 Å². The van der Waals surface area contributed by atoms with Gasteiger partial charge in [-0.1, -0.05) is 42.0 Å². The van der Waals surface area contributed by atoms with Crippen LogP contribution in [0.5, 0.6) is 5.75 Å². The van der Waals surface area contributed by atoms with E-state index in [1.165, 1.54) is 11.3 Å². The number of aryl methyl sites for hydroxylation is 3. The molecule has 0 aliphatic rings. The molecule has 0 unspecified atom stereocenters. The van der Waals surface area contributed by atoms with Gasteiger partial charge in [0.15, 0.2) is 14.6 Å². The van der Waals surface area contributed by atoms with Crippen LogP contribution in [0.1, 0.15) is 30.9 Å². The zero-order chi connectivity index (χ0) is 21.9. The number of ether oxygens (including phenoxy) is 1. The van der Waals surface area contributed by atoms with Crippen LogP contribution in [-0.4, -0.2) is 31.8 Å². The van der Waals surface area contributed by atoms with Crippen LogP contribution >= 0.6 is 11.3 Å². The number of nitrogens with zero attached hydrogens (tertiary/aromatic N) is 2. The minimum absolute atomic E-state index is 0.160. The summed E-state index contributed by atoms with van der Waals surface area (Å²) in [5, 5.41) is 0. The van der Waals surface area contributed by atoms with Crippen LogP contribution in [0, 0.1) is 13.8 Å². The topological polar surface area (TPSA) is 77.7 Å². The third-order valence-corrected chi connectivity index (χ3v) is 7.78. The SMILES string of the molecule is CCCn1c(=NC(=O)CCS(=O)(=O)c2ccc(C)cc2)sc2c(C)ccc(OC)c21. The van der Waals surface area contributed by atoms with Gasteiger partial charge in [0.2, 0.25) is 5.91 Å². The maximum atomic E-state index is 12.5. The summed E-state index contributed by atoms with van der Waals surface area (Å²) in [4.78, 5) is 17.6. The average Bonchev–Trinajstić information content (AvgIpc) is 3.07. The van der Waals surface area contributed by atoms with E-state index >= 15 is 0 Å². The summed E-state index contributed by atoms with van der Waals surface area (Å²) in [7, 11) is -1.91. The fourth-order valence-electron chi connectivity index (χ4n) is 3.21. The van der Waals surface area contributed by atoms with Gasteiger partial charge in [-0.2, -0.15) is 4.99 Å². The maximum Gasteiger partial charge on any atom is 0.249 e. The standard InChI is InChI=1S/C22H26N2O4S2/c1-5-13-24-20-18(28-4)11-8-16(3)21(20)29-22(24)23-19(25)12-14-30(26,27)17-9-6-15(2)7-10-17/h6-11H,5,12-14H2,1-4H3. The van der Waals surface area contributed by atoms with Crippen molar-refractivity contribution in [2.45, 2.75) is 45.1 Å². The van der Waals surface area contributed by atoms with Crippen molar-refractivity contribution in [1.82, 2.24) is 4.57 Å². The number of carbonyl (C=O) groups excluding carboxylic acids is 1. The molecule has 0 N–H and O–H groups in total. The number of aromatic nitrogens is 1. The Morgan fingerprint density at radius 3 is 2.47 bits per heavy atom. The molecule has 0 saturated carbocycles. The summed E-state index contributed by atoms with van der Waals surface area (Å²) in [6.07, 6.45) is 0.707. The summed E-state index contributed by atoms with van der Waals surface area (Å²) < 4.78 is 33.6. The first-order chi connectivity index (χ1) is 14.3. The maximum absolute atomic E-state index is 12.5. The van der Waals surface area contributed by atoms with Crippen molar-refractivity contribution in [3.8, 4) is 5.75 Å². The highest BCUT2D eigenvalue weighted by molar-refractivity contribution is 7.91. The minimum atomic E-state index is -3.53. The number of fused-ring (bicyclic) bond motifs is 1. The second kappa shape index (κ2) is 9.14. The molecule has 0 saturated heterocycles. The first-order valence-electron chi connectivity index (χ1n) is 9.80. The molecule has 1 aromatic heterocycles. The summed E-state index contributed by atoms with van der Waals surface area (Å²) in [6, 6.07) is 10.5. The lowest BCUT2D eigenvalue weighted by Gasteiger charge is -2.08. The predicted octanol–water partition coefficient (Wildman–Crippen LogP) is 4.03. The normalized spacial score (nSPS) is 12.5. The Hall–Kier alpha value is -2.45. The molecular formula is C22H26N2O4S2. The van der Waals surface area contributed by atoms with Crippen LogP contribution in [0.4, 0.5) is 0 Å². The van der Waals surface area contributed by atoms with E-state index in [-0.39, 0.29) is 17.1 Å². The Bertz CT molecular complexity index is 1240. The van der Waals surface area contributed by atoms with Crippen molar-refractivity contribution in [2.24, 2.45) is 4.99 Å². The van der Waals surface area contributed by atoms with E-state index in [1.807, 2.05) is 30.5 Å². The molecule has 2 aromatic carbocycles. The molecule has 0 aliphatic carbocycles. The number of thiazole rings is 1. The number of benzene rings is 2. The van der Waals surface area contributed by atoms with E-state index in [4.69, 9.17) is 4.74 Å². The molecule has 0 radical (unpaired) electrons. The highest BCUT2D eigenvalue weighted by atomic mass is 32.2. The second-order valence-electron chi connectivity index (χ2n) is 7.19. The van der Waals surface area contributed by atoms with E-state index in [0.717, 1.165) is 33.5 Å². The van der Waals surface area contributed by atoms with Gasteiger partial charge in [-0.25, -0.2) is 8.42 Å². The number of carbonyl (C=O) groups is 1. The first-order valence-corrected chi connectivity index (χ1v) is 12.3. The van der Waals surface area contributed by atoms with Crippen molar-refractivity contribution < 1.29 is 17.9 Å². The summed E-state index contributed by atoms with van der Waals surface area (Å²) >= 11 is 1.43. The number of rotatable bonds is 7. The molecule has 0 bridgehead atoms. The van der Waals surface area contributed by atoms with Gasteiger partial charge < -0.3 is 9.30 Å². The molecule has 0 aliphatic heterocycles. The molecule has 6 nitrogen and oxygen atoms in total. The fourth-order valence-corrected chi connectivity index (χ4v) is 5.60. The quantitative estimate of drug-likeness (QED) is 0.549. The largest absolute Gasteiger partial charge is 0.495 e. The Kier molecular flexibility index (Phi) is 6.77.